The van der Waals surface area contributed by atoms with E-state index < -0.39 is 0 Å². The molecular formula is C14H20O2. The van der Waals surface area contributed by atoms with Gasteiger partial charge in [-0.15, -0.1) is 0 Å². The van der Waals surface area contributed by atoms with Gasteiger partial charge in [-0.3, -0.25) is 4.79 Å². The molecule has 0 fully saturated rings. The molecule has 0 saturated carbocycles. The van der Waals surface area contributed by atoms with Gasteiger partial charge >= 0.3 is 0 Å². The van der Waals surface area contributed by atoms with Gasteiger partial charge in [0.2, 0.25) is 0 Å². The van der Waals surface area contributed by atoms with E-state index in [0.717, 1.165) is 41.8 Å². The average molecular weight is 220 g/mol. The molecule has 2 nitrogen and oxygen atoms in total. The SMILES string of the molecule is Cc1cc(OCCC(C)C)cc(C)c1C=O. The molecule has 1 rings (SSSR count). The van der Waals surface area contributed by atoms with Crippen molar-refractivity contribution in [3.63, 3.8) is 0 Å². The third-order valence-corrected chi connectivity index (χ3v) is 2.65. The lowest BCUT2D eigenvalue weighted by atomic mass is 10.0. The van der Waals surface area contributed by atoms with Crippen LogP contribution < -0.4 is 4.74 Å². The number of ether oxygens (including phenoxy) is 1. The Labute approximate surface area is 97.6 Å². The van der Waals surface area contributed by atoms with Gasteiger partial charge in [0, 0.05) is 5.56 Å². The molecule has 0 aliphatic heterocycles. The summed E-state index contributed by atoms with van der Waals surface area (Å²) in [6.45, 7) is 8.96. The van der Waals surface area contributed by atoms with Crippen LogP contribution in [0.4, 0.5) is 0 Å². The molecule has 0 saturated heterocycles. The largest absolute Gasteiger partial charge is 0.494 e. The van der Waals surface area contributed by atoms with E-state index >= 15 is 0 Å². The number of hydrogen-bond acceptors (Lipinski definition) is 2. The molecular weight excluding hydrogens is 200 g/mol. The van der Waals surface area contributed by atoms with Crippen molar-refractivity contribution in [1.29, 1.82) is 0 Å². The van der Waals surface area contributed by atoms with E-state index in [1.165, 1.54) is 0 Å². The summed E-state index contributed by atoms with van der Waals surface area (Å²) in [5, 5.41) is 0. The Kier molecular flexibility index (Phi) is 4.53. The normalized spacial score (nSPS) is 10.6. The fraction of sp³-hybridized carbons (Fsp3) is 0.500. The number of hydrogen-bond donors (Lipinski definition) is 0. The Morgan fingerprint density at radius 3 is 2.25 bits per heavy atom. The highest BCUT2D eigenvalue weighted by atomic mass is 16.5. The van der Waals surface area contributed by atoms with Crippen LogP contribution in [-0.2, 0) is 0 Å². The van der Waals surface area contributed by atoms with E-state index in [1.54, 1.807) is 0 Å². The number of aryl methyl sites for hydroxylation is 2. The van der Waals surface area contributed by atoms with Crippen molar-refractivity contribution in [1.82, 2.24) is 0 Å². The molecule has 0 unspecified atom stereocenters. The molecule has 0 spiro atoms. The quantitative estimate of drug-likeness (QED) is 0.709. The Morgan fingerprint density at radius 1 is 1.25 bits per heavy atom. The van der Waals surface area contributed by atoms with Gasteiger partial charge in [0.05, 0.1) is 6.61 Å². The van der Waals surface area contributed by atoms with Crippen molar-refractivity contribution in [3.8, 4) is 5.75 Å². The first-order valence-corrected chi connectivity index (χ1v) is 5.73. The average Bonchev–Trinajstić information content (AvgIpc) is 2.16. The Hall–Kier alpha value is -1.31. The molecule has 2 heteroatoms. The van der Waals surface area contributed by atoms with E-state index in [-0.39, 0.29) is 0 Å². The summed E-state index contributed by atoms with van der Waals surface area (Å²) in [6, 6.07) is 3.86. The van der Waals surface area contributed by atoms with Crippen LogP contribution in [0.2, 0.25) is 0 Å². The summed E-state index contributed by atoms with van der Waals surface area (Å²) < 4.78 is 5.66. The molecule has 0 heterocycles. The second-order valence-electron chi connectivity index (χ2n) is 4.62. The minimum atomic E-state index is 0.649. The van der Waals surface area contributed by atoms with E-state index in [1.807, 2.05) is 26.0 Å². The number of benzene rings is 1. The first-order valence-electron chi connectivity index (χ1n) is 5.73. The van der Waals surface area contributed by atoms with Crippen molar-refractivity contribution in [2.75, 3.05) is 6.61 Å². The number of carbonyl (C=O) groups excluding carboxylic acids is 1. The van der Waals surface area contributed by atoms with E-state index in [2.05, 4.69) is 13.8 Å². The number of aldehydes is 1. The lowest BCUT2D eigenvalue weighted by Crippen LogP contribution is -2.02. The summed E-state index contributed by atoms with van der Waals surface area (Å²) >= 11 is 0. The van der Waals surface area contributed by atoms with Crippen LogP contribution in [0.3, 0.4) is 0 Å². The zero-order valence-electron chi connectivity index (χ0n) is 10.5. The maximum Gasteiger partial charge on any atom is 0.150 e. The van der Waals surface area contributed by atoms with Crippen LogP contribution in [0.5, 0.6) is 5.75 Å². The molecule has 16 heavy (non-hydrogen) atoms. The van der Waals surface area contributed by atoms with Crippen molar-refractivity contribution in [2.45, 2.75) is 34.1 Å². The fourth-order valence-corrected chi connectivity index (χ4v) is 1.62. The van der Waals surface area contributed by atoms with Gasteiger partial charge in [-0.05, 0) is 49.4 Å². The lowest BCUT2D eigenvalue weighted by molar-refractivity contribution is 0.112. The molecule has 88 valence electrons. The second kappa shape index (κ2) is 5.69. The highest BCUT2D eigenvalue weighted by Crippen LogP contribution is 2.20. The fourth-order valence-electron chi connectivity index (χ4n) is 1.62. The van der Waals surface area contributed by atoms with Gasteiger partial charge in [-0.2, -0.15) is 0 Å². The van der Waals surface area contributed by atoms with Crippen LogP contribution in [0.15, 0.2) is 12.1 Å². The van der Waals surface area contributed by atoms with E-state index in [4.69, 9.17) is 4.74 Å². The first-order chi connectivity index (χ1) is 7.54. The third-order valence-electron chi connectivity index (χ3n) is 2.65. The number of carbonyl (C=O) groups is 1. The molecule has 0 aliphatic rings. The standard InChI is InChI=1S/C14H20O2/c1-10(2)5-6-16-13-7-11(3)14(9-15)12(4)8-13/h7-10H,5-6H2,1-4H3. The Bertz CT molecular complexity index is 344. The molecule has 1 aromatic rings. The maximum atomic E-state index is 10.8. The van der Waals surface area contributed by atoms with Gasteiger partial charge in [-0.1, -0.05) is 13.8 Å². The molecule has 0 aliphatic carbocycles. The van der Waals surface area contributed by atoms with Gasteiger partial charge in [0.25, 0.3) is 0 Å². The van der Waals surface area contributed by atoms with Crippen LogP contribution >= 0.6 is 0 Å². The molecule has 0 aromatic heterocycles. The smallest absolute Gasteiger partial charge is 0.150 e. The van der Waals surface area contributed by atoms with Crippen molar-refractivity contribution < 1.29 is 9.53 Å². The van der Waals surface area contributed by atoms with Crippen LogP contribution in [-0.4, -0.2) is 12.9 Å². The summed E-state index contributed by atoms with van der Waals surface area (Å²) in [6.07, 6.45) is 1.95. The third kappa shape index (κ3) is 3.37. The molecule has 0 radical (unpaired) electrons. The maximum absolute atomic E-state index is 10.8. The molecule has 1 aromatic carbocycles. The minimum absolute atomic E-state index is 0.649. The van der Waals surface area contributed by atoms with Gasteiger partial charge in [-0.25, -0.2) is 0 Å². The van der Waals surface area contributed by atoms with Crippen molar-refractivity contribution in [2.24, 2.45) is 5.92 Å². The van der Waals surface area contributed by atoms with E-state index in [0.29, 0.717) is 5.92 Å². The zero-order valence-corrected chi connectivity index (χ0v) is 10.5. The summed E-state index contributed by atoms with van der Waals surface area (Å²) in [5.74, 6) is 1.51. The highest BCUT2D eigenvalue weighted by molar-refractivity contribution is 5.80. The minimum Gasteiger partial charge on any atom is -0.494 e. The Balaban J connectivity index is 2.72. The first kappa shape index (κ1) is 12.8. The van der Waals surface area contributed by atoms with Gasteiger partial charge < -0.3 is 4.74 Å². The lowest BCUT2D eigenvalue weighted by Gasteiger charge is -2.11. The monoisotopic (exact) mass is 220 g/mol. The zero-order chi connectivity index (χ0) is 12.1. The number of rotatable bonds is 5. The van der Waals surface area contributed by atoms with Gasteiger partial charge in [0.1, 0.15) is 5.75 Å². The topological polar surface area (TPSA) is 26.3 Å². The molecule has 0 amide bonds. The predicted molar refractivity (Wildman–Crippen MR) is 66.3 cm³/mol. The summed E-state index contributed by atoms with van der Waals surface area (Å²) in [4.78, 5) is 10.8. The van der Waals surface area contributed by atoms with Crippen LogP contribution in [0, 0.1) is 19.8 Å². The van der Waals surface area contributed by atoms with E-state index in [9.17, 15) is 4.79 Å². The highest BCUT2D eigenvalue weighted by Gasteiger charge is 2.05. The van der Waals surface area contributed by atoms with Crippen molar-refractivity contribution >= 4 is 6.29 Å². The summed E-state index contributed by atoms with van der Waals surface area (Å²) in [5.41, 5.74) is 2.74. The summed E-state index contributed by atoms with van der Waals surface area (Å²) in [7, 11) is 0. The molecule has 0 N–H and O–H groups in total. The van der Waals surface area contributed by atoms with Crippen molar-refractivity contribution in [3.05, 3.63) is 28.8 Å². The van der Waals surface area contributed by atoms with Crippen LogP contribution in [0.1, 0.15) is 41.8 Å². The van der Waals surface area contributed by atoms with Gasteiger partial charge in [0.15, 0.2) is 6.29 Å². The molecule has 0 bridgehead atoms. The van der Waals surface area contributed by atoms with Crippen LogP contribution in [0.25, 0.3) is 0 Å². The predicted octanol–water partition coefficient (Wildman–Crippen LogP) is 3.54. The second-order valence-corrected chi connectivity index (χ2v) is 4.62. The molecule has 0 atom stereocenters. The Morgan fingerprint density at radius 2 is 1.81 bits per heavy atom.